The Morgan fingerprint density at radius 3 is 1.67 bits per heavy atom. The smallest absolute Gasteiger partial charge is 1.00 e. The van der Waals surface area contributed by atoms with Crippen molar-refractivity contribution in [3.05, 3.63) is 120 Å². The summed E-state index contributed by atoms with van der Waals surface area (Å²) in [5, 5.41) is 2.90. The summed E-state index contributed by atoms with van der Waals surface area (Å²) in [7, 11) is 0. The number of carbonyl (C=O) groups excluding carboxylic acids is 1. The molecule has 0 heterocycles. The molecular formula is C33H36Cl2NOSiZr. The van der Waals surface area contributed by atoms with Gasteiger partial charge in [0.25, 0.3) is 0 Å². The molecule has 0 saturated carbocycles. The second-order valence-corrected chi connectivity index (χ2v) is 24.5. The number of hydrogen-bond donors (Lipinski definition) is 1. The van der Waals surface area contributed by atoms with Gasteiger partial charge in [0.15, 0.2) is 0 Å². The molecule has 4 aromatic carbocycles. The van der Waals surface area contributed by atoms with Crippen LogP contribution in [0.25, 0.3) is 11.1 Å². The number of halogens is 2. The number of amides is 1. The van der Waals surface area contributed by atoms with Crippen molar-refractivity contribution in [2.24, 2.45) is 5.92 Å². The summed E-state index contributed by atoms with van der Waals surface area (Å²) in [4.78, 5) is 14.0. The third-order valence-corrected chi connectivity index (χ3v) is 27.2. The third kappa shape index (κ3) is 6.85. The van der Waals surface area contributed by atoms with Crippen molar-refractivity contribution in [2.75, 3.05) is 0 Å². The number of carbonyl (C=O) groups is 1. The zero-order valence-corrected chi connectivity index (χ0v) is 27.7. The Kier molecular flexibility index (Phi) is 12.3. The Morgan fingerprint density at radius 2 is 1.21 bits per heavy atom. The van der Waals surface area contributed by atoms with Crippen LogP contribution in [0.5, 0.6) is 0 Å². The SMILES string of the molecule is CCCCC(CC)C(=O)[NH][Zr+2]([CH]1c2ccccc2-c2ccccc21)[SiH](c1ccccc1)c1ccccc1.[Cl-].[Cl-]. The van der Waals surface area contributed by atoms with Crippen LogP contribution in [0, 0.1) is 5.92 Å². The van der Waals surface area contributed by atoms with Crippen molar-refractivity contribution in [3.8, 4) is 11.1 Å². The normalized spacial score (nSPS) is 12.5. The Hall–Kier alpha value is -1.97. The van der Waals surface area contributed by atoms with Crippen LogP contribution in [0.2, 0.25) is 0 Å². The molecule has 1 N–H and O–H groups in total. The maximum Gasteiger partial charge on any atom is -1.00 e. The number of unbranched alkanes of at least 4 members (excludes halogenated alkanes) is 1. The molecule has 1 amide bonds. The molecule has 4 aromatic rings. The van der Waals surface area contributed by atoms with Crippen LogP contribution in [-0.4, -0.2) is 11.8 Å². The number of rotatable bonds is 10. The molecule has 39 heavy (non-hydrogen) atoms. The van der Waals surface area contributed by atoms with Gasteiger partial charge in [-0.05, 0) is 0 Å². The van der Waals surface area contributed by atoms with Crippen molar-refractivity contribution in [1.29, 1.82) is 0 Å². The van der Waals surface area contributed by atoms with Gasteiger partial charge >= 0.3 is 232 Å². The van der Waals surface area contributed by atoms with Crippen LogP contribution < -0.4 is 38.4 Å². The molecule has 201 valence electrons. The van der Waals surface area contributed by atoms with E-state index >= 15 is 0 Å². The zero-order chi connectivity index (χ0) is 25.6. The fourth-order valence-electron chi connectivity index (χ4n) is 5.86. The van der Waals surface area contributed by atoms with E-state index in [4.69, 9.17) is 0 Å². The molecule has 1 unspecified atom stereocenters. The van der Waals surface area contributed by atoms with Gasteiger partial charge in [-0.15, -0.1) is 0 Å². The largest absolute Gasteiger partial charge is 1.00 e. The molecule has 0 radical (unpaired) electrons. The second kappa shape index (κ2) is 15.1. The van der Waals surface area contributed by atoms with Gasteiger partial charge in [0.2, 0.25) is 0 Å². The van der Waals surface area contributed by atoms with Crippen LogP contribution in [-0.2, 0) is 26.0 Å². The fourth-order valence-corrected chi connectivity index (χ4v) is 27.7. The summed E-state index contributed by atoms with van der Waals surface area (Å²) >= 11 is -2.77. The maximum atomic E-state index is 14.0. The first kappa shape index (κ1) is 31.6. The van der Waals surface area contributed by atoms with Crippen molar-refractivity contribution >= 4 is 22.2 Å². The van der Waals surface area contributed by atoms with Crippen LogP contribution in [0.4, 0.5) is 0 Å². The number of benzene rings is 4. The van der Waals surface area contributed by atoms with Gasteiger partial charge in [0, 0.05) is 0 Å². The summed E-state index contributed by atoms with van der Waals surface area (Å²) in [5.41, 5.74) is 5.54. The monoisotopic (exact) mass is 650 g/mol. The van der Waals surface area contributed by atoms with Crippen LogP contribution in [0.1, 0.15) is 54.3 Å². The minimum Gasteiger partial charge on any atom is -1.00 e. The van der Waals surface area contributed by atoms with E-state index in [2.05, 4.69) is 126 Å². The molecule has 0 aromatic heterocycles. The minimum atomic E-state index is -2.77. The molecule has 6 heteroatoms. The van der Waals surface area contributed by atoms with Crippen LogP contribution >= 0.6 is 0 Å². The topological polar surface area (TPSA) is 29.1 Å². The first-order chi connectivity index (χ1) is 18.2. The molecule has 1 aliphatic rings. The summed E-state index contributed by atoms with van der Waals surface area (Å²) in [6.07, 6.45) is 4.13. The molecular weight excluding hydrogens is 617 g/mol. The van der Waals surface area contributed by atoms with Crippen molar-refractivity contribution in [2.45, 2.75) is 43.2 Å². The zero-order valence-electron chi connectivity index (χ0n) is 22.6. The van der Waals surface area contributed by atoms with E-state index in [0.29, 0.717) is 9.53 Å². The van der Waals surface area contributed by atoms with Gasteiger partial charge in [0.05, 0.1) is 0 Å². The first-order valence-corrected chi connectivity index (χ1v) is 22.3. The van der Waals surface area contributed by atoms with Gasteiger partial charge in [-0.25, -0.2) is 0 Å². The number of hydrogen-bond acceptors (Lipinski definition) is 1. The maximum absolute atomic E-state index is 14.0. The van der Waals surface area contributed by atoms with Crippen molar-refractivity contribution < 1.29 is 50.8 Å². The Morgan fingerprint density at radius 1 is 0.744 bits per heavy atom. The Bertz CT molecular complexity index is 1250. The first-order valence-electron chi connectivity index (χ1n) is 13.7. The van der Waals surface area contributed by atoms with Gasteiger partial charge in [-0.2, -0.15) is 0 Å². The molecule has 2 nitrogen and oxygen atoms in total. The molecule has 0 fully saturated rings. The van der Waals surface area contributed by atoms with E-state index in [-0.39, 0.29) is 30.7 Å². The van der Waals surface area contributed by atoms with Gasteiger partial charge in [-0.1, -0.05) is 0 Å². The Labute approximate surface area is 255 Å². The quantitative estimate of drug-likeness (QED) is 0.244. The average molecular weight is 653 g/mol. The minimum absolute atomic E-state index is 0. The Balaban J connectivity index is 0.00000210. The van der Waals surface area contributed by atoms with Crippen molar-refractivity contribution in [1.82, 2.24) is 3.26 Å². The summed E-state index contributed by atoms with van der Waals surface area (Å²) in [6, 6.07) is 40.0. The predicted octanol–water partition coefficient (Wildman–Crippen LogP) is 0.168. The third-order valence-electron chi connectivity index (χ3n) is 7.76. The average Bonchev–Trinajstić information content (AvgIpc) is 3.28. The molecule has 1 atom stereocenters. The second-order valence-electron chi connectivity index (χ2n) is 10.1. The van der Waals surface area contributed by atoms with Gasteiger partial charge < -0.3 is 24.8 Å². The molecule has 0 aliphatic heterocycles. The van der Waals surface area contributed by atoms with E-state index in [0.717, 1.165) is 25.7 Å². The summed E-state index contributed by atoms with van der Waals surface area (Å²) in [6.45, 7) is 4.39. The molecule has 0 spiro atoms. The number of nitrogens with one attached hydrogen (secondary N) is 1. The molecule has 0 saturated heterocycles. The molecule has 5 rings (SSSR count). The number of fused-ring (bicyclic) bond motifs is 3. The van der Waals surface area contributed by atoms with Gasteiger partial charge in [0.1, 0.15) is 0 Å². The summed E-state index contributed by atoms with van der Waals surface area (Å²) < 4.78 is 4.24. The molecule has 1 aliphatic carbocycles. The van der Waals surface area contributed by atoms with Gasteiger partial charge in [-0.3, -0.25) is 0 Å². The fraction of sp³-hybridized carbons (Fsp3) is 0.242. The van der Waals surface area contributed by atoms with Crippen LogP contribution in [0.15, 0.2) is 109 Å². The van der Waals surface area contributed by atoms with E-state index in [9.17, 15) is 4.79 Å². The van der Waals surface area contributed by atoms with Crippen LogP contribution in [0.3, 0.4) is 0 Å². The van der Waals surface area contributed by atoms with E-state index < -0.39 is 27.1 Å². The van der Waals surface area contributed by atoms with E-state index in [1.165, 1.54) is 32.6 Å². The molecule has 0 bridgehead atoms. The predicted molar refractivity (Wildman–Crippen MR) is 154 cm³/mol. The van der Waals surface area contributed by atoms with Crippen molar-refractivity contribution in [3.63, 3.8) is 0 Å². The van der Waals surface area contributed by atoms with E-state index in [1.807, 2.05) is 0 Å². The standard InChI is InChI=1S/C13H9.C12H11Si.C8H17NO.2ClH.Zr/c1-3-7-12-10(5-1)9-11-6-2-4-8-13(11)12;1-3-7-11(8-4-1)13-12-9-5-2-6-10-12;1-3-5-6-7(4-2)8(9)10;;;/h1-9H;1-10,13H;7H,3-6H2,1-2H3,(H2,9,10);2*1H;/q;;;;;+3/p-3. The summed E-state index contributed by atoms with van der Waals surface area (Å²) in [5.74, 6) is -1.30. The van der Waals surface area contributed by atoms with E-state index in [1.54, 1.807) is 0 Å².